The molecule has 0 unspecified atom stereocenters. The van der Waals surface area contributed by atoms with Crippen LogP contribution in [0.4, 0.5) is 36.3 Å². The molecule has 0 aliphatic heterocycles. The van der Waals surface area contributed by atoms with Crippen molar-refractivity contribution in [2.45, 2.75) is 0 Å². The molecular weight excluding hydrogens is 506 g/mol. The van der Waals surface area contributed by atoms with Crippen LogP contribution in [0.3, 0.4) is 0 Å². The average Bonchev–Trinajstić information content (AvgIpc) is 2.87. The van der Waals surface area contributed by atoms with Gasteiger partial charge in [-0.25, -0.2) is 13.6 Å². The Morgan fingerprint density at radius 3 is 1.92 bits per heavy atom. The van der Waals surface area contributed by atoms with E-state index in [0.29, 0.717) is 17.4 Å². The summed E-state index contributed by atoms with van der Waals surface area (Å²) in [6.45, 7) is 0. The minimum atomic E-state index is -0.890. The zero-order valence-corrected chi connectivity index (χ0v) is 19.6. The molecule has 4 aromatic carbocycles. The number of nitro benzene ring substituents is 1. The molecular formula is C26H17ClF2N4O4. The fourth-order valence-corrected chi connectivity index (χ4v) is 3.57. The maximum Gasteiger partial charge on any atom is 0.323 e. The topological polar surface area (TPSA) is 113 Å². The highest BCUT2D eigenvalue weighted by atomic mass is 35.5. The quantitative estimate of drug-likeness (QED) is 0.185. The van der Waals surface area contributed by atoms with Gasteiger partial charge in [-0.3, -0.25) is 14.9 Å². The van der Waals surface area contributed by atoms with Gasteiger partial charge < -0.3 is 16.0 Å². The fraction of sp³-hybridized carbons (Fsp3) is 0. The Bertz CT molecular complexity index is 1500. The summed E-state index contributed by atoms with van der Waals surface area (Å²) >= 11 is 6.02. The van der Waals surface area contributed by atoms with Gasteiger partial charge in [-0.05, 0) is 53.6 Å². The number of carbonyl (C=O) groups excluding carboxylic acids is 2. The molecule has 8 nitrogen and oxygen atoms in total. The molecule has 0 aliphatic carbocycles. The van der Waals surface area contributed by atoms with Crippen molar-refractivity contribution in [1.82, 2.24) is 0 Å². The molecule has 4 aromatic rings. The Balaban J connectivity index is 1.38. The highest BCUT2D eigenvalue weighted by molar-refractivity contribution is 6.34. The maximum atomic E-state index is 13.7. The number of nitro groups is 1. The highest BCUT2D eigenvalue weighted by Crippen LogP contribution is 2.26. The van der Waals surface area contributed by atoms with Gasteiger partial charge >= 0.3 is 6.03 Å². The SMILES string of the molecule is O=C(Nc1ccc(-c2ccc(NC(=O)c3cc([N+](=O)[O-])ccc3Cl)cc2)cc1)Nc1ccc(F)cc1F. The van der Waals surface area contributed by atoms with E-state index in [-0.39, 0.29) is 22.0 Å². The molecule has 186 valence electrons. The minimum Gasteiger partial charge on any atom is -0.322 e. The van der Waals surface area contributed by atoms with Gasteiger partial charge in [-0.1, -0.05) is 35.9 Å². The number of non-ortho nitro benzene ring substituents is 1. The van der Waals surface area contributed by atoms with Crippen molar-refractivity contribution >= 4 is 46.3 Å². The normalized spacial score (nSPS) is 10.5. The first-order valence-electron chi connectivity index (χ1n) is 10.7. The first kappa shape index (κ1) is 25.3. The molecule has 3 N–H and O–H groups in total. The largest absolute Gasteiger partial charge is 0.323 e. The Morgan fingerprint density at radius 2 is 1.35 bits per heavy atom. The van der Waals surface area contributed by atoms with E-state index in [2.05, 4.69) is 16.0 Å². The van der Waals surface area contributed by atoms with Gasteiger partial charge in [0.1, 0.15) is 11.6 Å². The summed E-state index contributed by atoms with van der Waals surface area (Å²) in [6, 6.07) is 19.4. The van der Waals surface area contributed by atoms with E-state index < -0.39 is 28.5 Å². The molecule has 0 fully saturated rings. The number of nitrogens with zero attached hydrogens (tertiary/aromatic N) is 1. The van der Waals surface area contributed by atoms with Gasteiger partial charge in [0.05, 0.1) is 21.2 Å². The molecule has 4 rings (SSSR count). The molecule has 0 atom stereocenters. The smallest absolute Gasteiger partial charge is 0.322 e. The lowest BCUT2D eigenvalue weighted by Crippen LogP contribution is -2.20. The lowest BCUT2D eigenvalue weighted by Gasteiger charge is -2.10. The minimum absolute atomic E-state index is 0.0192. The van der Waals surface area contributed by atoms with Crippen LogP contribution >= 0.6 is 11.6 Å². The van der Waals surface area contributed by atoms with Crippen molar-refractivity contribution in [1.29, 1.82) is 0 Å². The van der Waals surface area contributed by atoms with E-state index in [4.69, 9.17) is 11.6 Å². The Labute approximate surface area is 214 Å². The van der Waals surface area contributed by atoms with Crippen LogP contribution in [0, 0.1) is 21.7 Å². The predicted molar refractivity (Wildman–Crippen MR) is 137 cm³/mol. The second-order valence-electron chi connectivity index (χ2n) is 7.73. The van der Waals surface area contributed by atoms with Crippen LogP contribution in [0.2, 0.25) is 5.02 Å². The van der Waals surface area contributed by atoms with Gasteiger partial charge in [-0.2, -0.15) is 0 Å². The van der Waals surface area contributed by atoms with E-state index in [1.54, 1.807) is 48.5 Å². The zero-order valence-electron chi connectivity index (χ0n) is 18.8. The van der Waals surface area contributed by atoms with E-state index in [9.17, 15) is 28.5 Å². The van der Waals surface area contributed by atoms with Crippen LogP contribution in [0.1, 0.15) is 10.4 Å². The molecule has 0 saturated heterocycles. The third-order valence-corrected chi connectivity index (χ3v) is 5.53. The van der Waals surface area contributed by atoms with Gasteiger partial charge in [0, 0.05) is 29.6 Å². The monoisotopic (exact) mass is 522 g/mol. The van der Waals surface area contributed by atoms with E-state index in [0.717, 1.165) is 29.3 Å². The number of carbonyl (C=O) groups is 2. The first-order chi connectivity index (χ1) is 17.7. The number of halogens is 3. The molecule has 0 aliphatic rings. The van der Waals surface area contributed by atoms with Gasteiger partial charge in [0.2, 0.25) is 0 Å². The Morgan fingerprint density at radius 1 is 0.757 bits per heavy atom. The molecule has 0 aromatic heterocycles. The van der Waals surface area contributed by atoms with Crippen LogP contribution in [-0.4, -0.2) is 16.9 Å². The molecule has 0 spiro atoms. The number of nitrogens with one attached hydrogen (secondary N) is 3. The number of urea groups is 1. The van der Waals surface area contributed by atoms with E-state index in [1.807, 2.05) is 0 Å². The Hall–Kier alpha value is -4.83. The number of hydrogen-bond donors (Lipinski definition) is 3. The second-order valence-corrected chi connectivity index (χ2v) is 8.14. The van der Waals surface area contributed by atoms with E-state index >= 15 is 0 Å². The average molecular weight is 523 g/mol. The molecule has 3 amide bonds. The van der Waals surface area contributed by atoms with Crippen LogP contribution in [0.5, 0.6) is 0 Å². The number of rotatable bonds is 6. The number of anilines is 3. The molecule has 37 heavy (non-hydrogen) atoms. The second kappa shape index (κ2) is 10.8. The lowest BCUT2D eigenvalue weighted by molar-refractivity contribution is -0.384. The van der Waals surface area contributed by atoms with Crippen molar-refractivity contribution < 1.29 is 23.3 Å². The van der Waals surface area contributed by atoms with Crippen molar-refractivity contribution in [3.63, 3.8) is 0 Å². The molecule has 0 saturated carbocycles. The standard InChI is InChI=1S/C26H17ClF2N4O4/c27-22-11-10-20(33(36)37)14-21(22)25(34)30-18-6-1-15(2-7-18)16-3-8-19(9-4-16)31-26(35)32-24-12-5-17(28)13-23(24)29/h1-14H,(H,30,34)(H2,31,32,35). The molecule has 0 radical (unpaired) electrons. The summed E-state index contributed by atoms with van der Waals surface area (Å²) < 4.78 is 26.7. The molecule has 0 heterocycles. The third kappa shape index (κ3) is 6.24. The number of benzene rings is 4. The number of amides is 3. The molecule has 11 heteroatoms. The number of hydrogen-bond acceptors (Lipinski definition) is 4. The van der Waals surface area contributed by atoms with Crippen molar-refractivity contribution in [3.05, 3.63) is 117 Å². The van der Waals surface area contributed by atoms with Crippen LogP contribution in [0.15, 0.2) is 84.9 Å². The van der Waals surface area contributed by atoms with Crippen LogP contribution < -0.4 is 16.0 Å². The third-order valence-electron chi connectivity index (χ3n) is 5.20. The van der Waals surface area contributed by atoms with Gasteiger partial charge in [0.15, 0.2) is 0 Å². The summed E-state index contributed by atoms with van der Waals surface area (Å²) in [5.74, 6) is -2.23. The fourth-order valence-electron chi connectivity index (χ4n) is 3.37. The highest BCUT2D eigenvalue weighted by Gasteiger charge is 2.16. The van der Waals surface area contributed by atoms with E-state index in [1.165, 1.54) is 12.1 Å². The first-order valence-corrected chi connectivity index (χ1v) is 11.1. The summed E-state index contributed by atoms with van der Waals surface area (Å²) in [5, 5.41) is 18.6. The van der Waals surface area contributed by atoms with Crippen LogP contribution in [0.25, 0.3) is 11.1 Å². The predicted octanol–water partition coefficient (Wildman–Crippen LogP) is 7.09. The maximum absolute atomic E-state index is 13.7. The van der Waals surface area contributed by atoms with Gasteiger partial charge in [0.25, 0.3) is 11.6 Å². The Kier molecular flexibility index (Phi) is 7.40. The summed E-state index contributed by atoms with van der Waals surface area (Å²) in [4.78, 5) is 35.0. The zero-order chi connectivity index (χ0) is 26.5. The van der Waals surface area contributed by atoms with Crippen molar-refractivity contribution in [2.75, 3.05) is 16.0 Å². The summed E-state index contributed by atoms with van der Waals surface area (Å²) in [5.41, 5.74) is 2.11. The van der Waals surface area contributed by atoms with Gasteiger partial charge in [-0.15, -0.1) is 0 Å². The van der Waals surface area contributed by atoms with Crippen LogP contribution in [-0.2, 0) is 0 Å². The summed E-state index contributed by atoms with van der Waals surface area (Å²) in [6.07, 6.45) is 0. The van der Waals surface area contributed by atoms with Crippen molar-refractivity contribution in [2.24, 2.45) is 0 Å². The lowest BCUT2D eigenvalue weighted by atomic mass is 10.0. The molecule has 0 bridgehead atoms. The summed E-state index contributed by atoms with van der Waals surface area (Å²) in [7, 11) is 0. The van der Waals surface area contributed by atoms with Crippen molar-refractivity contribution in [3.8, 4) is 11.1 Å².